The van der Waals surface area contributed by atoms with Gasteiger partial charge in [-0.1, -0.05) is 0 Å². The Morgan fingerprint density at radius 3 is 3.05 bits per heavy atom. The molecule has 5 nitrogen and oxygen atoms in total. The van der Waals surface area contributed by atoms with Crippen molar-refractivity contribution in [3.8, 4) is 22.8 Å². The SMILES string of the molecule is Cc1csc2nc(-c3ccc4c(c3)OCO4)c(C=O)n12. The Balaban J connectivity index is 1.95. The lowest BCUT2D eigenvalue weighted by Crippen LogP contribution is -1.93. The molecular weight excluding hydrogens is 276 g/mol. The summed E-state index contributed by atoms with van der Waals surface area (Å²) in [4.78, 5) is 16.8. The smallest absolute Gasteiger partial charge is 0.231 e. The fraction of sp³-hybridized carbons (Fsp3) is 0.143. The van der Waals surface area contributed by atoms with Crippen LogP contribution in [0, 0.1) is 6.92 Å². The Labute approximate surface area is 118 Å². The van der Waals surface area contributed by atoms with Gasteiger partial charge in [0.05, 0.1) is 0 Å². The third-order valence-corrected chi connectivity index (χ3v) is 4.27. The highest BCUT2D eigenvalue weighted by atomic mass is 32.1. The standard InChI is InChI=1S/C14H10N2O3S/c1-8-6-20-14-15-13(10(5-17)16(8)14)9-2-3-11-12(4-9)19-7-18-11/h2-6H,7H2,1H3. The number of aryl methyl sites for hydroxylation is 1. The minimum atomic E-state index is 0.233. The number of aldehydes is 1. The molecule has 1 aliphatic heterocycles. The molecule has 0 fully saturated rings. The molecule has 3 heterocycles. The van der Waals surface area contributed by atoms with E-state index in [9.17, 15) is 4.79 Å². The fourth-order valence-electron chi connectivity index (χ4n) is 2.39. The molecule has 1 aliphatic rings. The maximum Gasteiger partial charge on any atom is 0.231 e. The van der Waals surface area contributed by atoms with Gasteiger partial charge in [-0.25, -0.2) is 4.98 Å². The van der Waals surface area contributed by atoms with E-state index < -0.39 is 0 Å². The third-order valence-electron chi connectivity index (χ3n) is 3.33. The summed E-state index contributed by atoms with van der Waals surface area (Å²) in [5, 5.41) is 1.98. The van der Waals surface area contributed by atoms with Gasteiger partial charge in [-0.15, -0.1) is 11.3 Å². The zero-order chi connectivity index (χ0) is 13.7. The molecule has 2 aromatic heterocycles. The number of thiazole rings is 1. The monoisotopic (exact) mass is 286 g/mol. The van der Waals surface area contributed by atoms with Crippen molar-refractivity contribution in [1.29, 1.82) is 0 Å². The van der Waals surface area contributed by atoms with E-state index in [-0.39, 0.29) is 6.79 Å². The topological polar surface area (TPSA) is 52.8 Å². The fourth-order valence-corrected chi connectivity index (χ4v) is 3.26. The minimum Gasteiger partial charge on any atom is -0.454 e. The van der Waals surface area contributed by atoms with Crippen molar-refractivity contribution >= 4 is 22.6 Å². The van der Waals surface area contributed by atoms with Gasteiger partial charge in [0.2, 0.25) is 6.79 Å². The second kappa shape index (κ2) is 4.08. The van der Waals surface area contributed by atoms with E-state index in [4.69, 9.17) is 9.47 Å². The van der Waals surface area contributed by atoms with Crippen molar-refractivity contribution in [3.05, 3.63) is 35.0 Å². The van der Waals surface area contributed by atoms with Crippen LogP contribution in [0.4, 0.5) is 0 Å². The summed E-state index contributed by atoms with van der Waals surface area (Å²) in [7, 11) is 0. The molecule has 0 amide bonds. The Morgan fingerprint density at radius 1 is 1.35 bits per heavy atom. The lowest BCUT2D eigenvalue weighted by molar-refractivity contribution is 0.111. The van der Waals surface area contributed by atoms with Gasteiger partial charge in [-0.05, 0) is 25.1 Å². The molecule has 0 bridgehead atoms. The highest BCUT2D eigenvalue weighted by molar-refractivity contribution is 7.15. The van der Waals surface area contributed by atoms with Crippen LogP contribution < -0.4 is 9.47 Å². The number of ether oxygens (including phenoxy) is 2. The molecule has 0 saturated carbocycles. The van der Waals surface area contributed by atoms with Gasteiger partial charge in [-0.2, -0.15) is 0 Å². The van der Waals surface area contributed by atoms with Gasteiger partial charge >= 0.3 is 0 Å². The van der Waals surface area contributed by atoms with Crippen molar-refractivity contribution in [3.63, 3.8) is 0 Å². The Bertz CT molecular complexity index is 834. The molecule has 0 aliphatic carbocycles. The summed E-state index contributed by atoms with van der Waals surface area (Å²) in [6, 6.07) is 5.59. The van der Waals surface area contributed by atoms with Gasteiger partial charge in [0.1, 0.15) is 11.4 Å². The van der Waals surface area contributed by atoms with Crippen molar-refractivity contribution in [2.45, 2.75) is 6.92 Å². The number of carbonyl (C=O) groups excluding carboxylic acids is 1. The average molecular weight is 286 g/mol. The Kier molecular flexibility index (Phi) is 2.34. The summed E-state index contributed by atoms with van der Waals surface area (Å²) in [6.45, 7) is 2.19. The molecule has 0 unspecified atom stereocenters. The summed E-state index contributed by atoms with van der Waals surface area (Å²) < 4.78 is 12.5. The van der Waals surface area contributed by atoms with E-state index in [1.165, 1.54) is 11.3 Å². The van der Waals surface area contributed by atoms with Gasteiger partial charge in [0.25, 0.3) is 0 Å². The van der Waals surface area contributed by atoms with Crippen LogP contribution >= 0.6 is 11.3 Å². The molecule has 0 atom stereocenters. The van der Waals surface area contributed by atoms with Crippen molar-refractivity contribution < 1.29 is 14.3 Å². The van der Waals surface area contributed by atoms with Crippen LogP contribution in [0.25, 0.3) is 16.2 Å². The largest absolute Gasteiger partial charge is 0.454 e. The normalized spacial score (nSPS) is 13.1. The number of carbonyl (C=O) groups is 1. The molecule has 0 spiro atoms. The number of hydrogen-bond acceptors (Lipinski definition) is 5. The van der Waals surface area contributed by atoms with Crippen LogP contribution in [0.2, 0.25) is 0 Å². The number of fused-ring (bicyclic) bond motifs is 2. The first-order chi connectivity index (χ1) is 9.78. The zero-order valence-corrected chi connectivity index (χ0v) is 11.4. The third kappa shape index (κ3) is 1.48. The first-order valence-corrected chi connectivity index (χ1v) is 6.97. The van der Waals surface area contributed by atoms with Crippen LogP contribution in [0.3, 0.4) is 0 Å². The van der Waals surface area contributed by atoms with Crippen LogP contribution in [0.1, 0.15) is 16.2 Å². The van der Waals surface area contributed by atoms with Crippen molar-refractivity contribution in [1.82, 2.24) is 9.38 Å². The molecule has 20 heavy (non-hydrogen) atoms. The quantitative estimate of drug-likeness (QED) is 0.680. The van der Waals surface area contributed by atoms with Crippen LogP contribution in [0.5, 0.6) is 11.5 Å². The van der Waals surface area contributed by atoms with E-state index >= 15 is 0 Å². The number of imidazole rings is 1. The summed E-state index contributed by atoms with van der Waals surface area (Å²) in [5.41, 5.74) is 3.10. The van der Waals surface area contributed by atoms with E-state index in [1.807, 2.05) is 34.9 Å². The molecule has 0 N–H and O–H groups in total. The Hall–Kier alpha value is -2.34. The van der Waals surface area contributed by atoms with Gasteiger partial charge in [0.15, 0.2) is 22.7 Å². The molecule has 0 radical (unpaired) electrons. The van der Waals surface area contributed by atoms with E-state index in [0.29, 0.717) is 17.1 Å². The second-order valence-corrected chi connectivity index (χ2v) is 5.36. The number of aromatic nitrogens is 2. The number of hydrogen-bond donors (Lipinski definition) is 0. The zero-order valence-electron chi connectivity index (χ0n) is 10.6. The van der Waals surface area contributed by atoms with Gasteiger partial charge in [-0.3, -0.25) is 9.20 Å². The van der Waals surface area contributed by atoms with Gasteiger partial charge < -0.3 is 9.47 Å². The lowest BCUT2D eigenvalue weighted by Gasteiger charge is -2.01. The lowest BCUT2D eigenvalue weighted by atomic mass is 10.1. The molecule has 4 rings (SSSR count). The number of nitrogens with zero attached hydrogens (tertiary/aromatic N) is 2. The average Bonchev–Trinajstić information content (AvgIpc) is 3.14. The van der Waals surface area contributed by atoms with Gasteiger partial charge in [0, 0.05) is 16.6 Å². The van der Waals surface area contributed by atoms with E-state index in [0.717, 1.165) is 28.3 Å². The van der Waals surface area contributed by atoms with E-state index in [2.05, 4.69) is 4.98 Å². The maximum atomic E-state index is 11.4. The predicted octanol–water partition coefficient (Wildman–Crippen LogP) is 2.91. The first kappa shape index (κ1) is 11.5. The maximum absolute atomic E-state index is 11.4. The molecule has 3 aromatic rings. The minimum absolute atomic E-state index is 0.233. The molecule has 100 valence electrons. The predicted molar refractivity (Wildman–Crippen MR) is 74.8 cm³/mol. The van der Waals surface area contributed by atoms with E-state index in [1.54, 1.807) is 0 Å². The highest BCUT2D eigenvalue weighted by Gasteiger charge is 2.19. The first-order valence-electron chi connectivity index (χ1n) is 6.09. The summed E-state index contributed by atoms with van der Waals surface area (Å²) in [6.07, 6.45) is 0.847. The summed E-state index contributed by atoms with van der Waals surface area (Å²) >= 11 is 1.52. The highest BCUT2D eigenvalue weighted by Crippen LogP contribution is 2.37. The van der Waals surface area contributed by atoms with Crippen molar-refractivity contribution in [2.75, 3.05) is 6.79 Å². The van der Waals surface area contributed by atoms with Crippen LogP contribution in [0.15, 0.2) is 23.6 Å². The molecule has 1 aromatic carbocycles. The van der Waals surface area contributed by atoms with Crippen LogP contribution in [-0.2, 0) is 0 Å². The Morgan fingerprint density at radius 2 is 2.20 bits per heavy atom. The second-order valence-electron chi connectivity index (χ2n) is 4.53. The van der Waals surface area contributed by atoms with Crippen molar-refractivity contribution in [2.24, 2.45) is 0 Å². The molecule has 6 heteroatoms. The molecule has 0 saturated heterocycles. The molecular formula is C14H10N2O3S. The van der Waals surface area contributed by atoms with Crippen LogP contribution in [-0.4, -0.2) is 22.5 Å². The summed E-state index contributed by atoms with van der Waals surface area (Å²) in [5.74, 6) is 1.41. The number of benzene rings is 1. The number of rotatable bonds is 2.